The Morgan fingerprint density at radius 3 is 2.61 bits per heavy atom. The predicted octanol–water partition coefficient (Wildman–Crippen LogP) is 2.16. The molecule has 1 aromatic rings. The lowest BCUT2D eigenvalue weighted by Gasteiger charge is -2.35. The summed E-state index contributed by atoms with van der Waals surface area (Å²) in [4.78, 5) is 0. The molecular weight excluding hydrogens is 226 g/mol. The summed E-state index contributed by atoms with van der Waals surface area (Å²) in [5, 5.41) is 7.89. The summed E-state index contributed by atoms with van der Waals surface area (Å²) in [5.74, 6) is 0. The topological polar surface area (TPSA) is 39.1 Å². The van der Waals surface area contributed by atoms with Crippen molar-refractivity contribution in [2.75, 3.05) is 14.2 Å². The van der Waals surface area contributed by atoms with Crippen molar-refractivity contribution < 1.29 is 4.74 Å². The van der Waals surface area contributed by atoms with Crippen molar-refractivity contribution in [3.8, 4) is 0 Å². The molecule has 104 valence electrons. The molecule has 1 N–H and O–H groups in total. The Hall–Kier alpha value is -0.870. The standard InChI is InChI=1S/C14H27N3O/c1-7-14(4,18-6)13(15-5)10-12-9-11(3)16-17(12)8-2/h9,13,15H,7-8,10H2,1-6H3. The maximum Gasteiger partial charge on any atom is 0.0804 e. The van der Waals surface area contributed by atoms with E-state index in [1.807, 2.05) is 14.0 Å². The average Bonchev–Trinajstić information content (AvgIpc) is 2.75. The third-order valence-corrected chi connectivity index (χ3v) is 3.95. The summed E-state index contributed by atoms with van der Waals surface area (Å²) >= 11 is 0. The van der Waals surface area contributed by atoms with Crippen molar-refractivity contribution >= 4 is 0 Å². The molecule has 0 aliphatic rings. The van der Waals surface area contributed by atoms with E-state index in [1.165, 1.54) is 5.69 Å². The molecule has 1 rings (SSSR count). The van der Waals surface area contributed by atoms with Gasteiger partial charge in [-0.2, -0.15) is 5.10 Å². The summed E-state index contributed by atoms with van der Waals surface area (Å²) in [6, 6.07) is 2.45. The number of nitrogens with zero attached hydrogens (tertiary/aromatic N) is 2. The van der Waals surface area contributed by atoms with Gasteiger partial charge in [-0.15, -0.1) is 0 Å². The third-order valence-electron chi connectivity index (χ3n) is 3.95. The largest absolute Gasteiger partial charge is 0.377 e. The van der Waals surface area contributed by atoms with Gasteiger partial charge in [-0.05, 0) is 40.3 Å². The second-order valence-electron chi connectivity index (χ2n) is 5.01. The highest BCUT2D eigenvalue weighted by atomic mass is 16.5. The molecule has 1 aromatic heterocycles. The first-order chi connectivity index (χ1) is 8.50. The van der Waals surface area contributed by atoms with Gasteiger partial charge in [0.25, 0.3) is 0 Å². The summed E-state index contributed by atoms with van der Waals surface area (Å²) in [7, 11) is 3.79. The van der Waals surface area contributed by atoms with Gasteiger partial charge in [0.1, 0.15) is 0 Å². The summed E-state index contributed by atoms with van der Waals surface area (Å²) < 4.78 is 7.78. The Kier molecular flexibility index (Phi) is 5.35. The molecule has 0 aliphatic heterocycles. The molecule has 18 heavy (non-hydrogen) atoms. The van der Waals surface area contributed by atoms with E-state index < -0.39 is 0 Å². The molecule has 0 saturated carbocycles. The van der Waals surface area contributed by atoms with Crippen LogP contribution >= 0.6 is 0 Å². The van der Waals surface area contributed by atoms with Gasteiger partial charge in [-0.1, -0.05) is 6.92 Å². The lowest BCUT2D eigenvalue weighted by Crippen LogP contribution is -2.50. The lowest BCUT2D eigenvalue weighted by atomic mass is 9.89. The Bertz CT molecular complexity index is 369. The van der Waals surface area contributed by atoms with Gasteiger partial charge in [0.05, 0.1) is 11.3 Å². The minimum atomic E-state index is -0.147. The van der Waals surface area contributed by atoms with E-state index in [4.69, 9.17) is 4.74 Å². The fourth-order valence-corrected chi connectivity index (χ4v) is 2.40. The molecule has 0 amide bonds. The van der Waals surface area contributed by atoms with Gasteiger partial charge in [0, 0.05) is 31.8 Å². The monoisotopic (exact) mass is 253 g/mol. The van der Waals surface area contributed by atoms with Crippen LogP contribution in [0.4, 0.5) is 0 Å². The Morgan fingerprint density at radius 2 is 2.17 bits per heavy atom. The minimum absolute atomic E-state index is 0.147. The quantitative estimate of drug-likeness (QED) is 0.809. The number of hydrogen-bond acceptors (Lipinski definition) is 3. The van der Waals surface area contributed by atoms with Crippen molar-refractivity contribution in [3.05, 3.63) is 17.5 Å². The smallest absolute Gasteiger partial charge is 0.0804 e. The zero-order valence-corrected chi connectivity index (χ0v) is 12.6. The van der Waals surface area contributed by atoms with Crippen LogP contribution in [0.5, 0.6) is 0 Å². The SMILES string of the molecule is CCn1nc(C)cc1CC(NC)C(C)(CC)OC. The molecule has 2 atom stereocenters. The van der Waals surface area contributed by atoms with Crippen LogP contribution in [0.3, 0.4) is 0 Å². The maximum absolute atomic E-state index is 5.70. The molecule has 4 nitrogen and oxygen atoms in total. The van der Waals surface area contributed by atoms with Crippen LogP contribution in [-0.4, -0.2) is 35.6 Å². The van der Waals surface area contributed by atoms with Crippen molar-refractivity contribution in [2.45, 2.75) is 58.7 Å². The van der Waals surface area contributed by atoms with Crippen LogP contribution in [0.15, 0.2) is 6.07 Å². The van der Waals surface area contributed by atoms with Gasteiger partial charge < -0.3 is 10.1 Å². The van der Waals surface area contributed by atoms with E-state index >= 15 is 0 Å². The van der Waals surface area contributed by atoms with E-state index in [0.717, 1.165) is 25.1 Å². The molecule has 0 radical (unpaired) electrons. The third kappa shape index (κ3) is 3.12. The number of likely N-dealkylation sites (N-methyl/N-ethyl adjacent to an activating group) is 1. The van der Waals surface area contributed by atoms with E-state index in [-0.39, 0.29) is 11.6 Å². The van der Waals surface area contributed by atoms with Crippen LogP contribution in [0.25, 0.3) is 0 Å². The maximum atomic E-state index is 5.70. The highest BCUT2D eigenvalue weighted by molar-refractivity contribution is 5.12. The fourth-order valence-electron chi connectivity index (χ4n) is 2.40. The molecule has 4 heteroatoms. The first-order valence-corrected chi connectivity index (χ1v) is 6.76. The average molecular weight is 253 g/mol. The van der Waals surface area contributed by atoms with Crippen LogP contribution in [-0.2, 0) is 17.7 Å². The van der Waals surface area contributed by atoms with Crippen molar-refractivity contribution in [2.24, 2.45) is 0 Å². The van der Waals surface area contributed by atoms with E-state index in [2.05, 4.69) is 41.9 Å². The van der Waals surface area contributed by atoms with Gasteiger partial charge in [-0.25, -0.2) is 0 Å². The van der Waals surface area contributed by atoms with Crippen molar-refractivity contribution in [1.29, 1.82) is 0 Å². The fraction of sp³-hybridized carbons (Fsp3) is 0.786. The number of hydrogen-bond donors (Lipinski definition) is 1. The second-order valence-corrected chi connectivity index (χ2v) is 5.01. The molecule has 1 heterocycles. The zero-order chi connectivity index (χ0) is 13.8. The molecule has 0 bridgehead atoms. The number of methoxy groups -OCH3 is 1. The van der Waals surface area contributed by atoms with Crippen LogP contribution in [0, 0.1) is 6.92 Å². The van der Waals surface area contributed by atoms with E-state index in [0.29, 0.717) is 0 Å². The minimum Gasteiger partial charge on any atom is -0.377 e. The van der Waals surface area contributed by atoms with Crippen LogP contribution in [0.2, 0.25) is 0 Å². The first kappa shape index (κ1) is 15.2. The molecule has 0 spiro atoms. The number of rotatable bonds is 7. The van der Waals surface area contributed by atoms with Gasteiger partial charge in [0.15, 0.2) is 0 Å². The normalized spacial score (nSPS) is 16.6. The van der Waals surface area contributed by atoms with Gasteiger partial charge >= 0.3 is 0 Å². The Labute approximate surface area is 111 Å². The molecule has 0 aliphatic carbocycles. The Morgan fingerprint density at radius 1 is 1.50 bits per heavy atom. The molecule has 0 fully saturated rings. The van der Waals surface area contributed by atoms with Gasteiger partial charge in [-0.3, -0.25) is 4.68 Å². The Balaban J connectivity index is 2.91. The van der Waals surface area contributed by atoms with Crippen LogP contribution < -0.4 is 5.32 Å². The van der Waals surface area contributed by atoms with E-state index in [9.17, 15) is 0 Å². The highest BCUT2D eigenvalue weighted by Crippen LogP contribution is 2.22. The zero-order valence-electron chi connectivity index (χ0n) is 12.6. The molecular formula is C14H27N3O. The van der Waals surface area contributed by atoms with Gasteiger partial charge in [0.2, 0.25) is 0 Å². The summed E-state index contributed by atoms with van der Waals surface area (Å²) in [6.07, 6.45) is 1.91. The number of ether oxygens (including phenoxy) is 1. The lowest BCUT2D eigenvalue weighted by molar-refractivity contribution is -0.0273. The first-order valence-electron chi connectivity index (χ1n) is 6.76. The predicted molar refractivity (Wildman–Crippen MR) is 74.9 cm³/mol. The van der Waals surface area contributed by atoms with Crippen molar-refractivity contribution in [3.63, 3.8) is 0 Å². The molecule has 0 aromatic carbocycles. The second kappa shape index (κ2) is 6.34. The number of aryl methyl sites for hydroxylation is 2. The highest BCUT2D eigenvalue weighted by Gasteiger charge is 2.32. The van der Waals surface area contributed by atoms with Crippen LogP contribution in [0.1, 0.15) is 38.6 Å². The molecule has 0 saturated heterocycles. The number of nitrogens with one attached hydrogen (secondary N) is 1. The summed E-state index contributed by atoms with van der Waals surface area (Å²) in [5.41, 5.74) is 2.20. The number of aromatic nitrogens is 2. The van der Waals surface area contributed by atoms with E-state index in [1.54, 1.807) is 7.11 Å². The summed E-state index contributed by atoms with van der Waals surface area (Å²) in [6.45, 7) is 9.40. The molecule has 2 unspecified atom stereocenters. The van der Waals surface area contributed by atoms with Crippen molar-refractivity contribution in [1.82, 2.24) is 15.1 Å².